The maximum absolute atomic E-state index is 12.0. The van der Waals surface area contributed by atoms with Crippen molar-refractivity contribution in [3.8, 4) is 11.5 Å². The fraction of sp³-hybridized carbons (Fsp3) is 0.143. The van der Waals surface area contributed by atoms with E-state index >= 15 is 0 Å². The molecule has 2 aromatic carbocycles. The molecule has 0 heterocycles. The summed E-state index contributed by atoms with van der Waals surface area (Å²) in [6.07, 6.45) is -1.07. The molecule has 0 radical (unpaired) electrons. The van der Waals surface area contributed by atoms with Crippen molar-refractivity contribution in [1.29, 1.82) is 0 Å². The van der Waals surface area contributed by atoms with E-state index in [-0.39, 0.29) is 22.7 Å². The quantitative estimate of drug-likeness (QED) is 0.469. The highest BCUT2D eigenvalue weighted by Gasteiger charge is 2.30. The van der Waals surface area contributed by atoms with Gasteiger partial charge in [-0.1, -0.05) is 24.3 Å². The van der Waals surface area contributed by atoms with Crippen LogP contribution in [0, 0.1) is 10.1 Å². The first-order valence-electron chi connectivity index (χ1n) is 6.52. The molecule has 0 fully saturated rings. The number of phosphoric acid groups is 1. The Labute approximate surface area is 131 Å². The molecule has 122 valence electrons. The summed E-state index contributed by atoms with van der Waals surface area (Å²) in [5, 5.41) is 20.5. The molecular weight excluding hydrogens is 325 g/mol. The highest BCUT2D eigenvalue weighted by Crippen LogP contribution is 2.50. The van der Waals surface area contributed by atoms with Crippen molar-refractivity contribution in [2.45, 2.75) is 13.0 Å². The van der Waals surface area contributed by atoms with Crippen LogP contribution in [-0.4, -0.2) is 14.9 Å². The number of hydrogen-bond donors (Lipinski definition) is 2. The first kappa shape index (κ1) is 17.0. The van der Waals surface area contributed by atoms with E-state index in [2.05, 4.69) is 0 Å². The predicted molar refractivity (Wildman–Crippen MR) is 81.2 cm³/mol. The summed E-state index contributed by atoms with van der Waals surface area (Å²) in [6, 6.07) is 11.3. The lowest BCUT2D eigenvalue weighted by Gasteiger charge is -2.18. The second-order valence-corrected chi connectivity index (χ2v) is 5.92. The zero-order chi connectivity index (χ0) is 17.0. The summed E-state index contributed by atoms with van der Waals surface area (Å²) in [7, 11) is -4.60. The van der Waals surface area contributed by atoms with Gasteiger partial charge < -0.3 is 9.63 Å². The van der Waals surface area contributed by atoms with E-state index in [0.717, 1.165) is 0 Å². The number of benzene rings is 2. The smallest absolute Gasteiger partial charge is 0.504 e. The number of nitrogens with zero attached hydrogens (tertiary/aromatic N) is 1. The minimum atomic E-state index is -4.60. The van der Waals surface area contributed by atoms with Crippen LogP contribution < -0.4 is 4.52 Å². The molecular formula is C14H14NO7P. The van der Waals surface area contributed by atoms with Gasteiger partial charge in [0.15, 0.2) is 11.5 Å². The zero-order valence-electron chi connectivity index (χ0n) is 12.0. The van der Waals surface area contributed by atoms with Gasteiger partial charge in [0, 0.05) is 6.07 Å². The van der Waals surface area contributed by atoms with Gasteiger partial charge in [-0.15, -0.1) is 0 Å². The van der Waals surface area contributed by atoms with Crippen molar-refractivity contribution in [3.05, 3.63) is 64.2 Å². The molecule has 0 saturated heterocycles. The normalized spacial score (nSPS) is 14.7. The molecule has 2 N–H and O–H groups in total. The average molecular weight is 339 g/mol. The Bertz CT molecular complexity index is 764. The van der Waals surface area contributed by atoms with Crippen LogP contribution in [-0.2, 0) is 9.09 Å². The van der Waals surface area contributed by atoms with E-state index in [9.17, 15) is 24.7 Å². The van der Waals surface area contributed by atoms with Gasteiger partial charge in [-0.25, -0.2) is 4.57 Å². The molecule has 0 saturated carbocycles. The molecule has 8 nitrogen and oxygen atoms in total. The van der Waals surface area contributed by atoms with E-state index < -0.39 is 18.8 Å². The van der Waals surface area contributed by atoms with E-state index in [4.69, 9.17) is 9.05 Å². The number of phenols is 1. The van der Waals surface area contributed by atoms with Gasteiger partial charge in [-0.2, -0.15) is 0 Å². The zero-order valence-corrected chi connectivity index (χ0v) is 12.9. The highest BCUT2D eigenvalue weighted by atomic mass is 31.2. The van der Waals surface area contributed by atoms with Gasteiger partial charge in [0.25, 0.3) is 5.69 Å². The summed E-state index contributed by atoms with van der Waals surface area (Å²) < 4.78 is 21.8. The number of rotatable bonds is 6. The van der Waals surface area contributed by atoms with Crippen molar-refractivity contribution < 1.29 is 28.5 Å². The van der Waals surface area contributed by atoms with Crippen molar-refractivity contribution in [2.24, 2.45) is 0 Å². The van der Waals surface area contributed by atoms with Crippen LogP contribution in [0.25, 0.3) is 0 Å². The predicted octanol–water partition coefficient (Wildman–Crippen LogP) is 3.56. The van der Waals surface area contributed by atoms with Crippen LogP contribution in [0.4, 0.5) is 5.69 Å². The van der Waals surface area contributed by atoms with E-state index in [1.54, 1.807) is 6.07 Å². The van der Waals surface area contributed by atoms with Crippen LogP contribution in [0.3, 0.4) is 0 Å². The monoisotopic (exact) mass is 339 g/mol. The minimum absolute atomic E-state index is 0.132. The largest absolute Gasteiger partial charge is 0.528 e. The Morgan fingerprint density at radius 3 is 2.43 bits per heavy atom. The van der Waals surface area contributed by atoms with Gasteiger partial charge >= 0.3 is 7.82 Å². The Morgan fingerprint density at radius 2 is 1.78 bits per heavy atom. The van der Waals surface area contributed by atoms with Gasteiger partial charge in [0.2, 0.25) is 0 Å². The van der Waals surface area contributed by atoms with Crippen molar-refractivity contribution >= 4 is 13.5 Å². The highest BCUT2D eigenvalue weighted by molar-refractivity contribution is 7.47. The van der Waals surface area contributed by atoms with Crippen LogP contribution in [0.5, 0.6) is 11.5 Å². The molecule has 0 aromatic heterocycles. The Hall–Kier alpha value is -2.41. The topological polar surface area (TPSA) is 119 Å². The number of phenolic OH excluding ortho intramolecular Hbond substituents is 1. The van der Waals surface area contributed by atoms with E-state index in [0.29, 0.717) is 0 Å². The lowest BCUT2D eigenvalue weighted by Crippen LogP contribution is -2.05. The molecule has 2 aromatic rings. The molecule has 0 spiro atoms. The summed E-state index contributed by atoms with van der Waals surface area (Å²) >= 11 is 0. The van der Waals surface area contributed by atoms with Gasteiger partial charge in [0.1, 0.15) is 0 Å². The number of nitro groups is 1. The number of aromatic hydroxyl groups is 1. The Balaban J connectivity index is 2.19. The maximum Gasteiger partial charge on any atom is 0.528 e. The summed E-state index contributed by atoms with van der Waals surface area (Å²) in [6.45, 7) is 1.39. The number of nitro benzene ring substituents is 1. The molecule has 0 aliphatic rings. The molecule has 0 amide bonds. The number of phosphoric ester groups is 1. The van der Waals surface area contributed by atoms with Crippen LogP contribution in [0.2, 0.25) is 0 Å². The third-order valence-electron chi connectivity index (χ3n) is 2.94. The molecule has 2 rings (SSSR count). The molecule has 23 heavy (non-hydrogen) atoms. The molecule has 0 aliphatic carbocycles. The summed E-state index contributed by atoms with van der Waals surface area (Å²) in [5.74, 6) is -0.559. The van der Waals surface area contributed by atoms with E-state index in [1.165, 1.54) is 49.4 Å². The van der Waals surface area contributed by atoms with Crippen LogP contribution in [0.1, 0.15) is 18.6 Å². The summed E-state index contributed by atoms with van der Waals surface area (Å²) in [4.78, 5) is 20.2. The second kappa shape index (κ2) is 6.78. The van der Waals surface area contributed by atoms with Crippen molar-refractivity contribution in [1.82, 2.24) is 0 Å². The van der Waals surface area contributed by atoms with Crippen molar-refractivity contribution in [2.75, 3.05) is 0 Å². The first-order chi connectivity index (χ1) is 10.8. The minimum Gasteiger partial charge on any atom is -0.504 e. The molecule has 0 aliphatic heterocycles. The first-order valence-corrected chi connectivity index (χ1v) is 8.02. The maximum atomic E-state index is 12.0. The van der Waals surface area contributed by atoms with Gasteiger partial charge in [0.05, 0.1) is 16.6 Å². The molecule has 0 bridgehead atoms. The Kier molecular flexibility index (Phi) is 5.00. The third-order valence-corrected chi connectivity index (χ3v) is 3.95. The van der Waals surface area contributed by atoms with E-state index in [1.807, 2.05) is 0 Å². The lowest BCUT2D eigenvalue weighted by molar-refractivity contribution is -0.386. The third kappa shape index (κ3) is 4.29. The van der Waals surface area contributed by atoms with Gasteiger partial charge in [-0.3, -0.25) is 19.5 Å². The van der Waals surface area contributed by atoms with Gasteiger partial charge in [-0.05, 0) is 25.1 Å². The fourth-order valence-electron chi connectivity index (χ4n) is 1.93. The standard InChI is InChI=1S/C14H14NO7P/c1-10(11-6-2-3-7-12(11)15(17)18)21-23(19,20)22-14-9-5-4-8-13(14)16/h2-10,16H,1H3,(H,19,20). The van der Waals surface area contributed by atoms with Crippen LogP contribution in [0.15, 0.2) is 48.5 Å². The average Bonchev–Trinajstić information content (AvgIpc) is 2.49. The molecule has 2 atom stereocenters. The lowest BCUT2D eigenvalue weighted by atomic mass is 10.1. The fourth-order valence-corrected chi connectivity index (χ4v) is 2.89. The summed E-state index contributed by atoms with van der Waals surface area (Å²) in [5.41, 5.74) is -0.102. The number of para-hydroxylation sites is 3. The number of hydrogen-bond acceptors (Lipinski definition) is 6. The molecule has 9 heteroatoms. The van der Waals surface area contributed by atoms with Crippen molar-refractivity contribution in [3.63, 3.8) is 0 Å². The second-order valence-electron chi connectivity index (χ2n) is 4.59. The molecule has 2 unspecified atom stereocenters. The SMILES string of the molecule is CC(OP(=O)(O)Oc1ccccc1O)c1ccccc1[N+](=O)[O-]. The Morgan fingerprint density at radius 1 is 1.17 bits per heavy atom. The van der Waals surface area contributed by atoms with Crippen LogP contribution >= 0.6 is 7.82 Å².